The van der Waals surface area contributed by atoms with Crippen molar-refractivity contribution in [2.45, 2.75) is 128 Å². The zero-order valence-electron chi connectivity index (χ0n) is 31.3. The van der Waals surface area contributed by atoms with Crippen LogP contribution in [0.25, 0.3) is 0 Å². The van der Waals surface area contributed by atoms with E-state index in [1.54, 1.807) is 13.8 Å². The minimum absolute atomic E-state index is 0.0232. The van der Waals surface area contributed by atoms with E-state index in [2.05, 4.69) is 31.9 Å². The standard InChI is InChI=1S/C33H60N10O11/c1-18(2)16-24(33(54)41-22(10-12-25(37)44)29(50)38-17-27(47)48)43-31(52)21(9-5-7-15-35)40-32(53)23(11-13-26(45)46)42-30(51)20(8-4-6-14-34)39-28(49)19(3)36/h18-24H,4-17,34-36H2,1-3H3,(H2,37,44)(H,38,50)(H,39,49)(H,40,53)(H,41,54)(H,42,51)(H,43,52)(H,45,46)(H,47,48). The van der Waals surface area contributed by atoms with Crippen molar-refractivity contribution in [2.75, 3.05) is 19.6 Å². The van der Waals surface area contributed by atoms with Crippen LogP contribution in [0.3, 0.4) is 0 Å². The Bertz CT molecular complexity index is 1280. The van der Waals surface area contributed by atoms with Crippen LogP contribution in [0.4, 0.5) is 0 Å². The van der Waals surface area contributed by atoms with Gasteiger partial charge in [0.1, 0.15) is 36.8 Å². The van der Waals surface area contributed by atoms with Gasteiger partial charge in [0, 0.05) is 12.8 Å². The lowest BCUT2D eigenvalue weighted by Crippen LogP contribution is -2.59. The first-order valence-electron chi connectivity index (χ1n) is 18.0. The zero-order chi connectivity index (χ0) is 41.4. The molecule has 0 saturated heterocycles. The second kappa shape index (κ2) is 26.8. The van der Waals surface area contributed by atoms with Gasteiger partial charge in [0.25, 0.3) is 0 Å². The molecule has 0 heterocycles. The number of hydrogen-bond acceptors (Lipinski definition) is 12. The summed E-state index contributed by atoms with van der Waals surface area (Å²) in [7, 11) is 0. The van der Waals surface area contributed by atoms with Crippen molar-refractivity contribution in [1.29, 1.82) is 0 Å². The number of amides is 7. The summed E-state index contributed by atoms with van der Waals surface area (Å²) in [5.74, 6) is -8.49. The molecule has 0 saturated carbocycles. The zero-order valence-corrected chi connectivity index (χ0v) is 31.3. The third-order valence-electron chi connectivity index (χ3n) is 7.92. The summed E-state index contributed by atoms with van der Waals surface area (Å²) in [5, 5.41) is 33.0. The first kappa shape index (κ1) is 49.1. The maximum absolute atomic E-state index is 13.7. The van der Waals surface area contributed by atoms with Crippen LogP contribution in [0, 0.1) is 5.92 Å². The number of carbonyl (C=O) groups excluding carboxylic acids is 7. The molecular weight excluding hydrogens is 712 g/mol. The number of nitrogens with two attached hydrogens (primary N) is 4. The quantitative estimate of drug-likeness (QED) is 0.0327. The van der Waals surface area contributed by atoms with Crippen molar-refractivity contribution in [3.8, 4) is 0 Å². The summed E-state index contributed by atoms with van der Waals surface area (Å²) in [6.07, 6.45) is 0.464. The smallest absolute Gasteiger partial charge is 0.322 e. The van der Waals surface area contributed by atoms with Gasteiger partial charge in [-0.1, -0.05) is 13.8 Å². The molecule has 6 atom stereocenters. The Labute approximate surface area is 314 Å². The molecule has 16 N–H and O–H groups in total. The van der Waals surface area contributed by atoms with Gasteiger partial charge in [-0.2, -0.15) is 0 Å². The van der Waals surface area contributed by atoms with E-state index < -0.39 is 103 Å². The van der Waals surface area contributed by atoms with Gasteiger partial charge in [-0.05, 0) is 83.7 Å². The molecule has 308 valence electrons. The molecule has 0 aliphatic heterocycles. The van der Waals surface area contributed by atoms with Gasteiger partial charge in [0.05, 0.1) is 6.04 Å². The number of aliphatic carboxylic acids is 2. The summed E-state index contributed by atoms with van der Waals surface area (Å²) in [6.45, 7) is 4.75. The second-order valence-electron chi connectivity index (χ2n) is 13.3. The molecule has 0 fully saturated rings. The summed E-state index contributed by atoms with van der Waals surface area (Å²) < 4.78 is 0. The summed E-state index contributed by atoms with van der Waals surface area (Å²) in [6, 6.07) is -7.52. The molecule has 0 aromatic heterocycles. The third kappa shape index (κ3) is 21.6. The third-order valence-corrected chi connectivity index (χ3v) is 7.92. The van der Waals surface area contributed by atoms with Crippen LogP contribution in [0.2, 0.25) is 0 Å². The molecule has 21 nitrogen and oxygen atoms in total. The maximum atomic E-state index is 13.7. The molecule has 0 rings (SSSR count). The molecule has 21 heteroatoms. The van der Waals surface area contributed by atoms with E-state index in [9.17, 15) is 48.3 Å². The van der Waals surface area contributed by atoms with Gasteiger partial charge >= 0.3 is 11.9 Å². The lowest BCUT2D eigenvalue weighted by atomic mass is 10.0. The predicted octanol–water partition coefficient (Wildman–Crippen LogP) is -3.61. The lowest BCUT2D eigenvalue weighted by Gasteiger charge is -2.28. The summed E-state index contributed by atoms with van der Waals surface area (Å²) in [5.41, 5.74) is 22.0. The Hall–Kier alpha value is -4.89. The number of carboxylic acid groups (broad SMARTS) is 2. The number of hydrogen-bond donors (Lipinski definition) is 12. The molecular formula is C33H60N10O11. The predicted molar refractivity (Wildman–Crippen MR) is 195 cm³/mol. The number of rotatable bonds is 29. The highest BCUT2D eigenvalue weighted by atomic mass is 16.4. The van der Waals surface area contributed by atoms with Crippen LogP contribution in [-0.2, 0) is 43.2 Å². The number of carboxylic acids is 2. The largest absolute Gasteiger partial charge is 0.481 e. The van der Waals surface area contributed by atoms with Crippen molar-refractivity contribution in [3.63, 3.8) is 0 Å². The highest BCUT2D eigenvalue weighted by Gasteiger charge is 2.33. The highest BCUT2D eigenvalue weighted by molar-refractivity contribution is 5.97. The Balaban J connectivity index is 6.34. The molecule has 0 spiro atoms. The molecule has 0 bridgehead atoms. The van der Waals surface area contributed by atoms with Crippen molar-refractivity contribution in [3.05, 3.63) is 0 Å². The van der Waals surface area contributed by atoms with Crippen molar-refractivity contribution < 1.29 is 53.4 Å². The Morgan fingerprint density at radius 3 is 1.30 bits per heavy atom. The minimum atomic E-state index is -1.47. The van der Waals surface area contributed by atoms with E-state index in [4.69, 9.17) is 28.0 Å². The average molecular weight is 773 g/mol. The highest BCUT2D eigenvalue weighted by Crippen LogP contribution is 2.11. The van der Waals surface area contributed by atoms with E-state index in [-0.39, 0.29) is 51.0 Å². The molecule has 0 aliphatic carbocycles. The summed E-state index contributed by atoms with van der Waals surface area (Å²) >= 11 is 0. The van der Waals surface area contributed by atoms with E-state index in [1.165, 1.54) is 6.92 Å². The molecule has 0 aromatic carbocycles. The number of primary amides is 1. The Kier molecular flexibility index (Phi) is 24.4. The van der Waals surface area contributed by atoms with E-state index >= 15 is 0 Å². The van der Waals surface area contributed by atoms with Crippen molar-refractivity contribution >= 4 is 53.3 Å². The van der Waals surface area contributed by atoms with Gasteiger partial charge in [-0.3, -0.25) is 43.2 Å². The van der Waals surface area contributed by atoms with Crippen LogP contribution < -0.4 is 54.8 Å². The van der Waals surface area contributed by atoms with Crippen molar-refractivity contribution in [1.82, 2.24) is 31.9 Å². The minimum Gasteiger partial charge on any atom is -0.481 e. The van der Waals surface area contributed by atoms with Crippen LogP contribution in [-0.4, -0.2) is 119 Å². The van der Waals surface area contributed by atoms with Crippen LogP contribution in [0.1, 0.15) is 91.4 Å². The maximum Gasteiger partial charge on any atom is 0.322 e. The first-order valence-corrected chi connectivity index (χ1v) is 18.0. The summed E-state index contributed by atoms with van der Waals surface area (Å²) in [4.78, 5) is 113. The molecule has 0 radical (unpaired) electrons. The van der Waals surface area contributed by atoms with Gasteiger partial charge in [0.2, 0.25) is 41.4 Å². The van der Waals surface area contributed by atoms with Gasteiger partial charge in [0.15, 0.2) is 0 Å². The second-order valence-corrected chi connectivity index (χ2v) is 13.3. The molecule has 54 heavy (non-hydrogen) atoms. The topological polar surface area (TPSA) is 370 Å². The van der Waals surface area contributed by atoms with Crippen LogP contribution >= 0.6 is 0 Å². The first-order chi connectivity index (χ1) is 25.3. The fourth-order valence-corrected chi connectivity index (χ4v) is 5.00. The Morgan fingerprint density at radius 2 is 0.907 bits per heavy atom. The normalized spacial score (nSPS) is 14.3. The monoisotopic (exact) mass is 772 g/mol. The fraction of sp³-hybridized carbons (Fsp3) is 0.727. The van der Waals surface area contributed by atoms with Gasteiger partial charge in [-0.15, -0.1) is 0 Å². The Morgan fingerprint density at radius 1 is 0.519 bits per heavy atom. The van der Waals surface area contributed by atoms with E-state index in [0.717, 1.165) is 0 Å². The molecule has 0 aliphatic rings. The molecule has 6 unspecified atom stereocenters. The lowest BCUT2D eigenvalue weighted by molar-refractivity contribution is -0.139. The number of carbonyl (C=O) groups is 9. The van der Waals surface area contributed by atoms with E-state index in [1.807, 2.05) is 0 Å². The van der Waals surface area contributed by atoms with E-state index in [0.29, 0.717) is 32.2 Å². The average Bonchev–Trinajstić information content (AvgIpc) is 3.08. The number of unbranched alkanes of at least 4 members (excludes halogenated alkanes) is 2. The number of nitrogens with one attached hydrogen (secondary N) is 6. The SMILES string of the molecule is CC(C)CC(NC(=O)C(CCCCN)NC(=O)C(CCC(=O)O)NC(=O)C(CCCCN)NC(=O)C(C)N)C(=O)NC(CCC(N)=O)C(=O)NCC(=O)O. The van der Waals surface area contributed by atoms with Crippen LogP contribution in [0.15, 0.2) is 0 Å². The molecule has 0 aromatic rings. The van der Waals surface area contributed by atoms with Gasteiger partial charge in [-0.25, -0.2) is 0 Å². The van der Waals surface area contributed by atoms with Gasteiger partial charge < -0.3 is 65.0 Å². The van der Waals surface area contributed by atoms with Crippen molar-refractivity contribution in [2.24, 2.45) is 28.9 Å². The van der Waals surface area contributed by atoms with Crippen LogP contribution in [0.5, 0.6) is 0 Å². The molecule has 7 amide bonds. The fourth-order valence-electron chi connectivity index (χ4n) is 5.00.